The van der Waals surface area contributed by atoms with E-state index in [9.17, 15) is 9.59 Å². The molecule has 8 heteroatoms. The van der Waals surface area contributed by atoms with Crippen LogP contribution in [0.1, 0.15) is 40.7 Å². The van der Waals surface area contributed by atoms with Gasteiger partial charge in [-0.05, 0) is 24.6 Å². The number of hydrogen-bond donors (Lipinski definition) is 2. The van der Waals surface area contributed by atoms with Gasteiger partial charge in [0.05, 0.1) is 36.6 Å². The second kappa shape index (κ2) is 8.84. The highest BCUT2D eigenvalue weighted by Gasteiger charge is 2.36. The van der Waals surface area contributed by atoms with Crippen LogP contribution in [0.3, 0.4) is 0 Å². The van der Waals surface area contributed by atoms with Crippen LogP contribution >= 0.6 is 0 Å². The highest BCUT2D eigenvalue weighted by Crippen LogP contribution is 2.36. The van der Waals surface area contributed by atoms with Crippen molar-refractivity contribution in [2.45, 2.75) is 32.0 Å². The van der Waals surface area contributed by atoms with Crippen molar-refractivity contribution in [2.24, 2.45) is 5.73 Å². The largest absolute Gasteiger partial charge is 0.491 e. The molecular formula is C24H26N4O4. The van der Waals surface area contributed by atoms with Crippen molar-refractivity contribution in [1.29, 1.82) is 0 Å². The Balaban J connectivity index is 0.000000165. The van der Waals surface area contributed by atoms with Crippen molar-refractivity contribution in [2.75, 3.05) is 18.6 Å². The molecule has 3 heterocycles. The number of carbonyl (C=O) groups excluding carboxylic acids is 2. The average Bonchev–Trinajstić information content (AvgIpc) is 3.16. The second-order valence-corrected chi connectivity index (χ2v) is 7.97. The van der Waals surface area contributed by atoms with Crippen molar-refractivity contribution in [3.8, 4) is 5.75 Å². The lowest BCUT2D eigenvalue weighted by Crippen LogP contribution is -2.33. The highest BCUT2D eigenvalue weighted by atomic mass is 16.5. The Labute approximate surface area is 186 Å². The number of hydrogen-bond acceptors (Lipinski definition) is 5. The molecule has 0 aliphatic carbocycles. The first kappa shape index (κ1) is 21.6. The molecule has 0 radical (unpaired) electrons. The highest BCUT2D eigenvalue weighted by molar-refractivity contribution is 5.95. The van der Waals surface area contributed by atoms with Gasteiger partial charge in [-0.2, -0.15) is 5.10 Å². The topological polar surface area (TPSA) is 111 Å². The number of aromatic amines is 1. The first-order chi connectivity index (χ1) is 15.4. The fraction of sp³-hybridized carbons (Fsp3) is 0.292. The van der Waals surface area contributed by atoms with E-state index < -0.39 is 11.5 Å². The minimum Gasteiger partial charge on any atom is -0.491 e. The molecule has 3 aromatic rings. The maximum absolute atomic E-state index is 11.4. The van der Waals surface area contributed by atoms with Crippen LogP contribution < -0.4 is 15.4 Å². The average molecular weight is 434 g/mol. The molecule has 0 bridgehead atoms. The van der Waals surface area contributed by atoms with E-state index in [0.29, 0.717) is 31.7 Å². The molecule has 32 heavy (non-hydrogen) atoms. The summed E-state index contributed by atoms with van der Waals surface area (Å²) in [5.74, 6) is 0.385. The predicted octanol–water partition coefficient (Wildman–Crippen LogP) is 2.93. The Morgan fingerprint density at radius 2 is 1.88 bits per heavy atom. The molecule has 8 nitrogen and oxygen atoms in total. The standard InChI is InChI=1S/C14H15N3O2.C10H11NO2/c1-14(9-5-3-2-4-6-9)7-10-11(8-19-14)16-17-12(10)13(15)18;1-11-8-4-2-3-5-9(8)13-7-6-10(11)12/h2-6H,7-8H2,1H3,(H2,15,18)(H,16,17);2-5H,6-7H2,1H3. The Bertz CT molecular complexity index is 1130. The number of carbonyl (C=O) groups is 2. The Morgan fingerprint density at radius 1 is 1.16 bits per heavy atom. The van der Waals surface area contributed by atoms with E-state index in [4.69, 9.17) is 15.2 Å². The van der Waals surface area contributed by atoms with Gasteiger partial charge in [0, 0.05) is 19.0 Å². The third kappa shape index (κ3) is 4.22. The van der Waals surface area contributed by atoms with Gasteiger partial charge < -0.3 is 20.1 Å². The van der Waals surface area contributed by atoms with E-state index in [1.54, 1.807) is 11.9 Å². The predicted molar refractivity (Wildman–Crippen MR) is 119 cm³/mol. The van der Waals surface area contributed by atoms with Crippen molar-refractivity contribution in [3.63, 3.8) is 0 Å². The number of fused-ring (bicyclic) bond motifs is 2. The quantitative estimate of drug-likeness (QED) is 0.644. The number of amides is 2. The number of nitrogens with zero attached hydrogens (tertiary/aromatic N) is 2. The number of nitrogens with one attached hydrogen (secondary N) is 1. The summed E-state index contributed by atoms with van der Waals surface area (Å²) in [6, 6.07) is 17.5. The molecule has 2 aliphatic rings. The maximum atomic E-state index is 11.4. The molecule has 0 saturated heterocycles. The molecule has 0 fully saturated rings. The van der Waals surface area contributed by atoms with Crippen molar-refractivity contribution in [3.05, 3.63) is 77.1 Å². The van der Waals surface area contributed by atoms with Gasteiger partial charge in [-0.1, -0.05) is 42.5 Å². The molecule has 1 unspecified atom stereocenters. The zero-order valence-corrected chi connectivity index (χ0v) is 18.1. The van der Waals surface area contributed by atoms with Crippen LogP contribution in [0.15, 0.2) is 54.6 Å². The number of anilines is 1. The van der Waals surface area contributed by atoms with E-state index in [1.165, 1.54) is 0 Å². The molecule has 0 saturated carbocycles. The summed E-state index contributed by atoms with van der Waals surface area (Å²) in [5, 5.41) is 6.80. The summed E-state index contributed by atoms with van der Waals surface area (Å²) in [7, 11) is 1.77. The summed E-state index contributed by atoms with van der Waals surface area (Å²) in [6.45, 7) is 2.89. The van der Waals surface area contributed by atoms with Crippen LogP contribution in [0.2, 0.25) is 0 Å². The Kier molecular flexibility index (Phi) is 5.96. The van der Waals surface area contributed by atoms with Gasteiger partial charge in [-0.15, -0.1) is 0 Å². The third-order valence-corrected chi connectivity index (χ3v) is 5.79. The molecule has 1 atom stereocenters. The van der Waals surface area contributed by atoms with E-state index in [2.05, 4.69) is 10.2 Å². The van der Waals surface area contributed by atoms with Crippen molar-refractivity contribution < 1.29 is 19.1 Å². The minimum atomic E-state index is -0.505. The molecule has 166 valence electrons. The SMILES string of the molecule is CC1(c2ccccc2)Cc2c(C(N)=O)n[nH]c2CO1.CN1C(=O)CCOc2ccccc21. The smallest absolute Gasteiger partial charge is 0.269 e. The van der Waals surface area contributed by atoms with E-state index in [1.807, 2.05) is 61.5 Å². The van der Waals surface area contributed by atoms with Gasteiger partial charge in [0.1, 0.15) is 5.75 Å². The summed E-state index contributed by atoms with van der Waals surface area (Å²) < 4.78 is 11.4. The molecule has 3 N–H and O–H groups in total. The lowest BCUT2D eigenvalue weighted by molar-refractivity contribution is -0.118. The number of rotatable bonds is 2. The third-order valence-electron chi connectivity index (χ3n) is 5.79. The molecule has 2 aliphatic heterocycles. The number of primary amides is 1. The minimum absolute atomic E-state index is 0.102. The van der Waals surface area contributed by atoms with Crippen LogP contribution in [-0.4, -0.2) is 35.7 Å². The fourth-order valence-corrected chi connectivity index (χ4v) is 3.92. The summed E-state index contributed by atoms with van der Waals surface area (Å²) in [6.07, 6.45) is 1.03. The zero-order chi connectivity index (χ0) is 22.7. The number of aromatic nitrogens is 2. The summed E-state index contributed by atoms with van der Waals surface area (Å²) >= 11 is 0. The fourth-order valence-electron chi connectivity index (χ4n) is 3.92. The van der Waals surface area contributed by atoms with Crippen LogP contribution in [0.4, 0.5) is 5.69 Å². The normalized spacial score (nSPS) is 19.6. The van der Waals surface area contributed by atoms with Crippen LogP contribution in [-0.2, 0) is 28.2 Å². The van der Waals surface area contributed by atoms with Crippen LogP contribution in [0, 0.1) is 0 Å². The number of ether oxygens (including phenoxy) is 2. The zero-order valence-electron chi connectivity index (χ0n) is 18.1. The number of H-pyrrole nitrogens is 1. The Morgan fingerprint density at radius 3 is 2.62 bits per heavy atom. The van der Waals surface area contributed by atoms with Gasteiger partial charge in [0.25, 0.3) is 5.91 Å². The van der Waals surface area contributed by atoms with Gasteiger partial charge in [-0.3, -0.25) is 14.7 Å². The van der Waals surface area contributed by atoms with E-state index in [-0.39, 0.29) is 5.91 Å². The van der Waals surface area contributed by atoms with Gasteiger partial charge in [-0.25, -0.2) is 0 Å². The molecule has 2 aromatic carbocycles. The first-order valence-electron chi connectivity index (χ1n) is 10.4. The van der Waals surface area contributed by atoms with Crippen LogP contribution in [0.5, 0.6) is 5.75 Å². The number of para-hydroxylation sites is 2. The molecule has 0 spiro atoms. The van der Waals surface area contributed by atoms with Crippen LogP contribution in [0.25, 0.3) is 0 Å². The summed E-state index contributed by atoms with van der Waals surface area (Å²) in [4.78, 5) is 24.4. The number of nitrogens with two attached hydrogens (primary N) is 1. The van der Waals surface area contributed by atoms with Gasteiger partial charge in [0.2, 0.25) is 5.91 Å². The van der Waals surface area contributed by atoms with Gasteiger partial charge in [0.15, 0.2) is 5.69 Å². The van der Waals surface area contributed by atoms with E-state index in [0.717, 1.165) is 28.3 Å². The number of benzene rings is 2. The van der Waals surface area contributed by atoms with E-state index >= 15 is 0 Å². The first-order valence-corrected chi connectivity index (χ1v) is 10.4. The lowest BCUT2D eigenvalue weighted by Gasteiger charge is -2.34. The lowest BCUT2D eigenvalue weighted by atomic mass is 9.86. The summed E-state index contributed by atoms with van der Waals surface area (Å²) in [5.41, 5.74) is 8.84. The Hall–Kier alpha value is -3.65. The maximum Gasteiger partial charge on any atom is 0.269 e. The molecule has 2 amide bonds. The van der Waals surface area contributed by atoms with Crippen molar-refractivity contribution in [1.82, 2.24) is 10.2 Å². The van der Waals surface area contributed by atoms with Crippen molar-refractivity contribution >= 4 is 17.5 Å². The second-order valence-electron chi connectivity index (χ2n) is 7.97. The monoisotopic (exact) mass is 434 g/mol. The molecular weight excluding hydrogens is 408 g/mol. The molecule has 5 rings (SSSR count). The molecule has 1 aromatic heterocycles. The van der Waals surface area contributed by atoms with Gasteiger partial charge >= 0.3 is 0 Å².